The topological polar surface area (TPSA) is 55.2 Å². The van der Waals surface area contributed by atoms with E-state index in [0.717, 1.165) is 0 Å². The zero-order chi connectivity index (χ0) is 8.32. The van der Waals surface area contributed by atoms with Crippen LogP contribution in [0.3, 0.4) is 0 Å². The Hall–Kier alpha value is -0.810. The first-order valence-electron chi connectivity index (χ1n) is 2.88. The zero-order valence-electron chi connectivity index (χ0n) is 6.17. The lowest BCUT2D eigenvalue weighted by molar-refractivity contribution is 0.0756. The number of methoxy groups -OCH3 is 2. The minimum Gasteiger partial charge on any atom is -0.468 e. The van der Waals surface area contributed by atoms with Crippen molar-refractivity contribution in [3.63, 3.8) is 0 Å². The molecule has 0 saturated heterocycles. The van der Waals surface area contributed by atoms with Crippen LogP contribution in [0, 0.1) is 0 Å². The van der Waals surface area contributed by atoms with Gasteiger partial charge in [0, 0.05) is 7.11 Å². The van der Waals surface area contributed by atoms with Crippen LogP contribution in [-0.4, -0.2) is 31.9 Å². The average molecular weight is 178 g/mol. The van der Waals surface area contributed by atoms with Crippen LogP contribution < -0.4 is 5.32 Å². The van der Waals surface area contributed by atoms with E-state index in [-0.39, 0.29) is 6.02 Å². The van der Waals surface area contributed by atoms with Crippen molar-refractivity contribution in [1.29, 1.82) is 0 Å². The van der Waals surface area contributed by atoms with Crippen LogP contribution in [0.4, 0.5) is 0 Å². The molecular formula is C5H8ClN3O2. The summed E-state index contributed by atoms with van der Waals surface area (Å²) in [5.41, 5.74) is 0. The molecule has 5 nitrogen and oxygen atoms in total. The van der Waals surface area contributed by atoms with E-state index in [2.05, 4.69) is 15.3 Å². The van der Waals surface area contributed by atoms with Gasteiger partial charge in [-0.15, -0.1) is 0 Å². The molecule has 11 heavy (non-hydrogen) atoms. The Morgan fingerprint density at radius 3 is 2.91 bits per heavy atom. The summed E-state index contributed by atoms with van der Waals surface area (Å²) in [5.74, 6) is 0. The van der Waals surface area contributed by atoms with E-state index in [0.29, 0.717) is 0 Å². The summed E-state index contributed by atoms with van der Waals surface area (Å²) in [6, 6.07) is 0.275. The highest BCUT2D eigenvalue weighted by Gasteiger charge is 2.27. The van der Waals surface area contributed by atoms with Gasteiger partial charge in [0.2, 0.25) is 0 Å². The van der Waals surface area contributed by atoms with Crippen molar-refractivity contribution in [2.24, 2.45) is 9.98 Å². The summed E-state index contributed by atoms with van der Waals surface area (Å²) in [5, 5.41) is 1.27. The molecule has 62 valence electrons. The summed E-state index contributed by atoms with van der Waals surface area (Å²) in [6.45, 7) is 0. The van der Waals surface area contributed by atoms with Crippen LogP contribution in [0.5, 0.6) is 0 Å². The van der Waals surface area contributed by atoms with E-state index in [1.807, 2.05) is 0 Å². The first kappa shape index (κ1) is 8.29. The quantitative estimate of drug-likeness (QED) is 0.457. The fourth-order valence-corrected chi connectivity index (χ4v) is 0.682. The summed E-state index contributed by atoms with van der Waals surface area (Å²) >= 11 is 5.71. The number of hydrogen-bond donors (Lipinski definition) is 1. The Morgan fingerprint density at radius 2 is 2.36 bits per heavy atom. The van der Waals surface area contributed by atoms with Gasteiger partial charge < -0.3 is 14.8 Å². The van der Waals surface area contributed by atoms with Gasteiger partial charge >= 0.3 is 5.31 Å². The summed E-state index contributed by atoms with van der Waals surface area (Å²) in [7, 11) is 2.88. The number of nitrogens with one attached hydrogen (secondary N) is 1. The average Bonchev–Trinajstić information content (AvgIpc) is 2.05. The van der Waals surface area contributed by atoms with Crippen molar-refractivity contribution in [2.45, 2.75) is 5.31 Å². The fraction of sp³-hybridized carbons (Fsp3) is 0.600. The highest BCUT2D eigenvalue weighted by atomic mass is 35.5. The third-order valence-corrected chi connectivity index (χ3v) is 1.44. The van der Waals surface area contributed by atoms with Crippen LogP contribution in [-0.2, 0) is 9.47 Å². The smallest absolute Gasteiger partial charge is 0.345 e. The Balaban J connectivity index is 2.75. The van der Waals surface area contributed by atoms with Crippen LogP contribution >= 0.6 is 11.6 Å². The number of hydrogen-bond acceptors (Lipinski definition) is 5. The van der Waals surface area contributed by atoms with Gasteiger partial charge in [-0.1, -0.05) is 0 Å². The number of nitrogens with zero attached hydrogens (tertiary/aromatic N) is 2. The minimum absolute atomic E-state index is 0.275. The summed E-state index contributed by atoms with van der Waals surface area (Å²) in [6.07, 6.45) is 1.36. The molecular weight excluding hydrogens is 170 g/mol. The first-order chi connectivity index (χ1) is 5.20. The van der Waals surface area contributed by atoms with E-state index in [9.17, 15) is 0 Å². The number of rotatable bonds is 1. The largest absolute Gasteiger partial charge is 0.468 e. The molecule has 0 radical (unpaired) electrons. The third kappa shape index (κ3) is 1.81. The van der Waals surface area contributed by atoms with E-state index >= 15 is 0 Å². The molecule has 0 spiro atoms. The Kier molecular flexibility index (Phi) is 2.31. The molecule has 1 heterocycles. The highest BCUT2D eigenvalue weighted by Crippen LogP contribution is 2.20. The van der Waals surface area contributed by atoms with Crippen molar-refractivity contribution in [3.8, 4) is 0 Å². The Bertz CT molecular complexity index is 206. The second-order valence-corrected chi connectivity index (χ2v) is 2.25. The molecule has 1 rings (SSSR count). The molecule has 1 unspecified atom stereocenters. The molecule has 0 aromatic rings. The SMILES string of the molecule is COC1=NC(Cl)(OC)N=CN1. The lowest BCUT2D eigenvalue weighted by atomic mass is 10.8. The molecule has 0 aromatic heterocycles. The van der Waals surface area contributed by atoms with Gasteiger partial charge in [0.25, 0.3) is 6.02 Å². The second kappa shape index (κ2) is 3.06. The zero-order valence-corrected chi connectivity index (χ0v) is 6.92. The van der Waals surface area contributed by atoms with Crippen molar-refractivity contribution < 1.29 is 9.47 Å². The van der Waals surface area contributed by atoms with E-state index < -0.39 is 5.31 Å². The van der Waals surface area contributed by atoms with E-state index in [4.69, 9.17) is 21.1 Å². The van der Waals surface area contributed by atoms with Crippen LogP contribution in [0.1, 0.15) is 0 Å². The lowest BCUT2D eigenvalue weighted by Crippen LogP contribution is -2.35. The predicted octanol–water partition coefficient (Wildman–Crippen LogP) is 0.117. The maximum atomic E-state index is 5.71. The molecule has 1 aliphatic heterocycles. The van der Waals surface area contributed by atoms with E-state index in [1.54, 1.807) is 0 Å². The van der Waals surface area contributed by atoms with Gasteiger partial charge in [-0.05, 0) is 11.6 Å². The fourth-order valence-electron chi connectivity index (χ4n) is 0.556. The monoisotopic (exact) mass is 177 g/mol. The Labute approximate surface area is 69.1 Å². The number of aliphatic imine (C=N–C) groups is 2. The molecule has 0 saturated carbocycles. The van der Waals surface area contributed by atoms with Crippen molar-refractivity contribution in [1.82, 2.24) is 5.32 Å². The number of alkyl halides is 1. The number of ether oxygens (including phenoxy) is 2. The minimum atomic E-state index is -1.36. The summed E-state index contributed by atoms with van der Waals surface area (Å²) in [4.78, 5) is 7.50. The van der Waals surface area contributed by atoms with Crippen molar-refractivity contribution in [3.05, 3.63) is 0 Å². The maximum Gasteiger partial charge on any atom is 0.345 e. The molecule has 0 bridgehead atoms. The molecule has 0 aliphatic carbocycles. The number of halogens is 1. The van der Waals surface area contributed by atoms with Crippen LogP contribution in [0.25, 0.3) is 0 Å². The Morgan fingerprint density at radius 1 is 1.64 bits per heavy atom. The van der Waals surface area contributed by atoms with Crippen LogP contribution in [0.2, 0.25) is 0 Å². The van der Waals surface area contributed by atoms with Gasteiger partial charge in [-0.2, -0.15) is 4.99 Å². The maximum absolute atomic E-state index is 5.71. The second-order valence-electron chi connectivity index (χ2n) is 1.76. The standard InChI is InChI=1S/C5H8ClN3O2/c1-10-4-7-3-8-5(6,9-4)11-2/h3H,1-2H3,(H,7,8,9). The molecule has 0 aromatic carbocycles. The van der Waals surface area contributed by atoms with E-state index in [1.165, 1.54) is 20.6 Å². The van der Waals surface area contributed by atoms with Crippen LogP contribution in [0.15, 0.2) is 9.98 Å². The third-order valence-electron chi connectivity index (χ3n) is 1.10. The molecule has 1 N–H and O–H groups in total. The van der Waals surface area contributed by atoms with Gasteiger partial charge in [0.05, 0.1) is 13.4 Å². The normalized spacial score (nSPS) is 29.2. The summed E-state index contributed by atoms with van der Waals surface area (Å²) < 4.78 is 9.54. The molecule has 1 atom stereocenters. The molecule has 0 amide bonds. The highest BCUT2D eigenvalue weighted by molar-refractivity contribution is 6.24. The number of amidine groups is 1. The van der Waals surface area contributed by atoms with Gasteiger partial charge in [-0.25, -0.2) is 4.99 Å². The first-order valence-corrected chi connectivity index (χ1v) is 3.26. The van der Waals surface area contributed by atoms with Gasteiger partial charge in [0.15, 0.2) is 0 Å². The lowest BCUT2D eigenvalue weighted by Gasteiger charge is -2.19. The van der Waals surface area contributed by atoms with Crippen molar-refractivity contribution in [2.75, 3.05) is 14.2 Å². The van der Waals surface area contributed by atoms with Crippen molar-refractivity contribution >= 4 is 24.0 Å². The van der Waals surface area contributed by atoms with Gasteiger partial charge in [0.1, 0.15) is 0 Å². The molecule has 0 fully saturated rings. The predicted molar refractivity (Wildman–Crippen MR) is 41.7 cm³/mol. The van der Waals surface area contributed by atoms with Gasteiger partial charge in [-0.3, -0.25) is 0 Å². The molecule has 6 heteroatoms. The molecule has 1 aliphatic rings.